The van der Waals surface area contributed by atoms with Crippen molar-refractivity contribution in [1.29, 1.82) is 0 Å². The lowest BCUT2D eigenvalue weighted by Crippen LogP contribution is -2.38. The number of benzene rings is 1. The molecule has 1 saturated heterocycles. The minimum absolute atomic E-state index is 0.243. The molecular weight excluding hydrogens is 250 g/mol. The average Bonchev–Trinajstić information content (AvgIpc) is 2.81. The fourth-order valence-corrected chi connectivity index (χ4v) is 2.84. The number of amides is 1. The molecule has 1 aliphatic heterocycles. The van der Waals surface area contributed by atoms with Gasteiger partial charge in [0.1, 0.15) is 0 Å². The molecule has 0 aliphatic carbocycles. The quantitative estimate of drug-likeness (QED) is 0.841. The minimum atomic E-state index is 0.243. The van der Waals surface area contributed by atoms with Crippen LogP contribution in [-0.4, -0.2) is 33.4 Å². The molecule has 1 aliphatic rings. The van der Waals surface area contributed by atoms with E-state index >= 15 is 0 Å². The van der Waals surface area contributed by atoms with Gasteiger partial charge < -0.3 is 9.47 Å². The van der Waals surface area contributed by atoms with Crippen LogP contribution in [-0.2, 0) is 18.3 Å². The van der Waals surface area contributed by atoms with Crippen LogP contribution in [0.5, 0.6) is 0 Å². The topological polar surface area (TPSA) is 38.1 Å². The number of aromatic nitrogens is 2. The van der Waals surface area contributed by atoms with Gasteiger partial charge >= 0.3 is 0 Å². The normalized spacial score (nSPS) is 16.8. The number of likely N-dealkylation sites (tertiary alicyclic amines) is 1. The lowest BCUT2D eigenvalue weighted by atomic mass is 9.98. The molecule has 3 rings (SSSR count). The van der Waals surface area contributed by atoms with Gasteiger partial charge in [-0.25, -0.2) is 4.98 Å². The second-order valence-electron chi connectivity index (χ2n) is 5.92. The number of imidazole rings is 1. The molecule has 0 bridgehead atoms. The monoisotopic (exact) mass is 271 g/mol. The van der Waals surface area contributed by atoms with Gasteiger partial charge in [0.2, 0.25) is 5.91 Å². The zero-order valence-corrected chi connectivity index (χ0v) is 12.2. The number of aryl methyl sites for hydroxylation is 1. The minimum Gasteiger partial charge on any atom is -0.342 e. The number of piperidine rings is 1. The van der Waals surface area contributed by atoms with Crippen molar-refractivity contribution in [3.8, 4) is 0 Å². The van der Waals surface area contributed by atoms with E-state index in [1.165, 1.54) is 0 Å². The van der Waals surface area contributed by atoms with Crippen LogP contribution in [0.4, 0.5) is 0 Å². The van der Waals surface area contributed by atoms with Gasteiger partial charge in [-0.05, 0) is 36.5 Å². The van der Waals surface area contributed by atoms with Crippen LogP contribution in [0.1, 0.15) is 25.3 Å². The predicted octanol–water partition coefficient (Wildman–Crippen LogP) is 2.37. The summed E-state index contributed by atoms with van der Waals surface area (Å²) in [6, 6.07) is 6.11. The Morgan fingerprint density at radius 3 is 2.85 bits per heavy atom. The number of fused-ring (bicyclic) bond motifs is 1. The molecule has 4 heteroatoms. The summed E-state index contributed by atoms with van der Waals surface area (Å²) >= 11 is 0. The van der Waals surface area contributed by atoms with E-state index in [9.17, 15) is 4.79 Å². The largest absolute Gasteiger partial charge is 0.342 e. The van der Waals surface area contributed by atoms with Gasteiger partial charge in [-0.15, -0.1) is 0 Å². The highest BCUT2D eigenvalue weighted by atomic mass is 16.2. The average molecular weight is 271 g/mol. The zero-order valence-electron chi connectivity index (χ0n) is 12.2. The lowest BCUT2D eigenvalue weighted by molar-refractivity contribution is -0.131. The van der Waals surface area contributed by atoms with Crippen molar-refractivity contribution in [3.63, 3.8) is 0 Å². The van der Waals surface area contributed by atoms with E-state index in [1.54, 1.807) is 0 Å². The number of nitrogens with zero attached hydrogens (tertiary/aromatic N) is 3. The van der Waals surface area contributed by atoms with E-state index in [0.717, 1.165) is 48.4 Å². The molecule has 106 valence electrons. The molecule has 0 atom stereocenters. The van der Waals surface area contributed by atoms with Gasteiger partial charge in [0.15, 0.2) is 0 Å². The summed E-state index contributed by atoms with van der Waals surface area (Å²) in [5, 5.41) is 0. The summed E-state index contributed by atoms with van der Waals surface area (Å²) in [5.41, 5.74) is 3.12. The van der Waals surface area contributed by atoms with Crippen molar-refractivity contribution < 1.29 is 4.79 Å². The summed E-state index contributed by atoms with van der Waals surface area (Å²) in [6.07, 6.45) is 4.55. The van der Waals surface area contributed by atoms with E-state index in [-0.39, 0.29) is 5.91 Å². The Morgan fingerprint density at radius 1 is 1.35 bits per heavy atom. The molecule has 2 heterocycles. The summed E-state index contributed by atoms with van der Waals surface area (Å²) in [7, 11) is 1.98. The maximum Gasteiger partial charge on any atom is 0.226 e. The van der Waals surface area contributed by atoms with E-state index in [1.807, 2.05) is 41.0 Å². The Hall–Kier alpha value is -1.84. The maximum absolute atomic E-state index is 12.3. The van der Waals surface area contributed by atoms with Crippen LogP contribution in [0.25, 0.3) is 11.0 Å². The highest BCUT2D eigenvalue weighted by Crippen LogP contribution is 2.18. The van der Waals surface area contributed by atoms with Crippen LogP contribution in [0.15, 0.2) is 24.5 Å². The molecule has 20 heavy (non-hydrogen) atoms. The van der Waals surface area contributed by atoms with E-state index < -0.39 is 0 Å². The Kier molecular flexibility index (Phi) is 3.47. The first kappa shape index (κ1) is 13.2. The van der Waals surface area contributed by atoms with Crippen molar-refractivity contribution in [3.05, 3.63) is 30.1 Å². The first-order chi connectivity index (χ1) is 9.63. The Bertz CT molecular complexity index is 624. The molecule has 4 nitrogen and oxygen atoms in total. The predicted molar refractivity (Wildman–Crippen MR) is 79.4 cm³/mol. The molecule has 0 unspecified atom stereocenters. The highest BCUT2D eigenvalue weighted by Gasteiger charge is 2.20. The molecule has 0 spiro atoms. The number of rotatable bonds is 2. The molecule has 1 aromatic carbocycles. The second kappa shape index (κ2) is 5.27. The number of carbonyl (C=O) groups excluding carboxylic acids is 1. The third-order valence-corrected chi connectivity index (χ3v) is 4.28. The second-order valence-corrected chi connectivity index (χ2v) is 5.92. The maximum atomic E-state index is 12.3. The molecule has 0 saturated carbocycles. The molecular formula is C16H21N3O. The number of carbonyl (C=O) groups is 1. The number of hydrogen-bond donors (Lipinski definition) is 0. The SMILES string of the molecule is CC1CCN(C(=O)Cc2ccc3c(c2)ncn3C)CC1. The van der Waals surface area contributed by atoms with Crippen molar-refractivity contribution in [2.75, 3.05) is 13.1 Å². The number of hydrogen-bond acceptors (Lipinski definition) is 2. The molecule has 1 amide bonds. The lowest BCUT2D eigenvalue weighted by Gasteiger charge is -2.30. The van der Waals surface area contributed by atoms with E-state index in [2.05, 4.69) is 11.9 Å². The highest BCUT2D eigenvalue weighted by molar-refractivity contribution is 5.82. The third kappa shape index (κ3) is 2.55. The van der Waals surface area contributed by atoms with E-state index in [0.29, 0.717) is 6.42 Å². The van der Waals surface area contributed by atoms with Gasteiger partial charge in [-0.1, -0.05) is 13.0 Å². The summed E-state index contributed by atoms with van der Waals surface area (Å²) < 4.78 is 1.99. The summed E-state index contributed by atoms with van der Waals surface area (Å²) in [6.45, 7) is 4.08. The molecule has 1 aromatic heterocycles. The molecule has 0 N–H and O–H groups in total. The molecule has 2 aromatic rings. The van der Waals surface area contributed by atoms with Crippen molar-refractivity contribution in [1.82, 2.24) is 14.5 Å². The van der Waals surface area contributed by atoms with Gasteiger partial charge in [0.25, 0.3) is 0 Å². The van der Waals surface area contributed by atoms with Crippen LogP contribution in [0.2, 0.25) is 0 Å². The zero-order chi connectivity index (χ0) is 14.1. The Morgan fingerprint density at radius 2 is 2.10 bits per heavy atom. The van der Waals surface area contributed by atoms with E-state index in [4.69, 9.17) is 0 Å². The fourth-order valence-electron chi connectivity index (χ4n) is 2.84. The Labute approximate surface area is 119 Å². The third-order valence-electron chi connectivity index (χ3n) is 4.28. The smallest absolute Gasteiger partial charge is 0.226 e. The van der Waals surface area contributed by atoms with Gasteiger partial charge in [-0.3, -0.25) is 4.79 Å². The van der Waals surface area contributed by atoms with Crippen LogP contribution in [0.3, 0.4) is 0 Å². The Balaban J connectivity index is 1.70. The van der Waals surface area contributed by atoms with Crippen molar-refractivity contribution >= 4 is 16.9 Å². The van der Waals surface area contributed by atoms with Gasteiger partial charge in [0, 0.05) is 20.1 Å². The van der Waals surface area contributed by atoms with Gasteiger partial charge in [-0.2, -0.15) is 0 Å². The van der Waals surface area contributed by atoms with Crippen LogP contribution < -0.4 is 0 Å². The molecule has 0 radical (unpaired) electrons. The standard InChI is InChI=1S/C16H21N3O/c1-12-5-7-19(8-6-12)16(20)10-13-3-4-15-14(9-13)17-11-18(15)2/h3-4,9,11-12H,5-8,10H2,1-2H3. The first-order valence-electron chi connectivity index (χ1n) is 7.31. The van der Waals surface area contributed by atoms with Crippen LogP contribution in [0, 0.1) is 5.92 Å². The molecule has 1 fully saturated rings. The first-order valence-corrected chi connectivity index (χ1v) is 7.31. The van der Waals surface area contributed by atoms with Crippen LogP contribution >= 0.6 is 0 Å². The van der Waals surface area contributed by atoms with Gasteiger partial charge in [0.05, 0.1) is 23.8 Å². The summed E-state index contributed by atoms with van der Waals surface area (Å²) in [4.78, 5) is 18.7. The summed E-state index contributed by atoms with van der Waals surface area (Å²) in [5.74, 6) is 0.996. The van der Waals surface area contributed by atoms with Crippen molar-refractivity contribution in [2.24, 2.45) is 13.0 Å². The fraction of sp³-hybridized carbons (Fsp3) is 0.500. The van der Waals surface area contributed by atoms with Crippen molar-refractivity contribution in [2.45, 2.75) is 26.2 Å².